The number of piperidine rings is 1. The highest BCUT2D eigenvalue weighted by atomic mass is 16.2. The predicted octanol–water partition coefficient (Wildman–Crippen LogP) is 0.682. The summed E-state index contributed by atoms with van der Waals surface area (Å²) < 4.78 is 2.77. The number of rotatable bonds is 3. The first-order chi connectivity index (χ1) is 13.0. The Kier molecular flexibility index (Phi) is 4.18. The van der Waals surface area contributed by atoms with Gasteiger partial charge < -0.3 is 10.6 Å². The third-order valence-electron chi connectivity index (χ3n) is 5.28. The average Bonchev–Trinajstić information content (AvgIpc) is 2.99. The number of likely N-dealkylation sites (tertiary alicyclic amines) is 1. The number of carbonyl (C=O) groups is 2. The lowest BCUT2D eigenvalue weighted by atomic mass is 9.96. The summed E-state index contributed by atoms with van der Waals surface area (Å²) in [6.07, 6.45) is 1.12. The van der Waals surface area contributed by atoms with Crippen LogP contribution in [0.25, 0.3) is 16.6 Å². The molecule has 1 aromatic carbocycles. The fraction of sp³-hybridized carbons (Fsp3) is 0.368. The summed E-state index contributed by atoms with van der Waals surface area (Å²) in [6.45, 7) is 2.72. The van der Waals surface area contributed by atoms with E-state index in [-0.39, 0.29) is 30.0 Å². The van der Waals surface area contributed by atoms with Gasteiger partial charge in [-0.2, -0.15) is 0 Å². The van der Waals surface area contributed by atoms with Crippen LogP contribution in [0.15, 0.2) is 35.1 Å². The minimum Gasteiger partial charge on any atom is -0.369 e. The average molecular weight is 367 g/mol. The van der Waals surface area contributed by atoms with E-state index in [2.05, 4.69) is 5.10 Å². The largest absolute Gasteiger partial charge is 0.369 e. The first kappa shape index (κ1) is 17.3. The second kappa shape index (κ2) is 6.53. The first-order valence-electron chi connectivity index (χ1n) is 9.00. The molecule has 1 aliphatic heterocycles. The number of carbonyl (C=O) groups excluding carboxylic acids is 2. The van der Waals surface area contributed by atoms with Gasteiger partial charge in [-0.1, -0.05) is 18.2 Å². The van der Waals surface area contributed by atoms with Crippen molar-refractivity contribution < 1.29 is 9.59 Å². The van der Waals surface area contributed by atoms with Crippen LogP contribution in [0.2, 0.25) is 0 Å². The lowest BCUT2D eigenvalue weighted by molar-refractivity contribution is -0.135. The molecule has 8 nitrogen and oxygen atoms in total. The Morgan fingerprint density at radius 3 is 2.63 bits per heavy atom. The summed E-state index contributed by atoms with van der Waals surface area (Å²) >= 11 is 0. The van der Waals surface area contributed by atoms with Crippen LogP contribution in [0.1, 0.15) is 18.4 Å². The molecule has 3 aromatic rings. The molecule has 0 unspecified atom stereocenters. The highest BCUT2D eigenvalue weighted by Gasteiger charge is 2.26. The number of hydrogen-bond donors (Lipinski definition) is 1. The van der Waals surface area contributed by atoms with Gasteiger partial charge in [0.1, 0.15) is 6.54 Å². The third kappa shape index (κ3) is 2.97. The minimum absolute atomic E-state index is 0.116. The molecule has 2 aromatic heterocycles. The number of aromatic nitrogens is 3. The standard InChI is InChI=1S/C19H21N5O3/c1-12-10-14-4-2-3-5-15(14)24-18(12)21-23(19(24)27)11-16(25)22-8-6-13(7-9-22)17(20)26/h2-5,10,13H,6-9,11H2,1H3,(H2,20,26). The quantitative estimate of drug-likeness (QED) is 0.735. The maximum Gasteiger partial charge on any atom is 0.351 e. The van der Waals surface area contributed by atoms with Crippen LogP contribution in [-0.4, -0.2) is 44.0 Å². The molecule has 27 heavy (non-hydrogen) atoms. The molecule has 0 bridgehead atoms. The van der Waals surface area contributed by atoms with Crippen molar-refractivity contribution in [1.29, 1.82) is 0 Å². The number of nitrogens with zero attached hydrogens (tertiary/aromatic N) is 4. The molecule has 2 amide bonds. The van der Waals surface area contributed by atoms with Gasteiger partial charge in [-0.3, -0.25) is 9.59 Å². The second-order valence-corrected chi connectivity index (χ2v) is 7.04. The molecule has 1 saturated heterocycles. The van der Waals surface area contributed by atoms with Gasteiger partial charge in [0, 0.05) is 19.0 Å². The Balaban J connectivity index is 1.63. The van der Waals surface area contributed by atoms with Gasteiger partial charge in [0.05, 0.1) is 5.52 Å². The highest BCUT2D eigenvalue weighted by Crippen LogP contribution is 2.19. The van der Waals surface area contributed by atoms with Crippen LogP contribution in [0.3, 0.4) is 0 Å². The number of nitrogens with two attached hydrogens (primary N) is 1. The maximum absolute atomic E-state index is 12.9. The van der Waals surface area contributed by atoms with E-state index in [9.17, 15) is 14.4 Å². The molecule has 0 saturated carbocycles. The maximum atomic E-state index is 12.9. The Labute approximate surface area is 155 Å². The van der Waals surface area contributed by atoms with Crippen LogP contribution in [-0.2, 0) is 16.1 Å². The Morgan fingerprint density at radius 1 is 1.22 bits per heavy atom. The SMILES string of the molecule is Cc1cc2ccccc2n2c(=O)n(CC(=O)N3CCC(C(N)=O)CC3)nc12. The van der Waals surface area contributed by atoms with E-state index in [4.69, 9.17) is 5.73 Å². The molecule has 0 aliphatic carbocycles. The van der Waals surface area contributed by atoms with Gasteiger partial charge in [-0.05, 0) is 42.8 Å². The number of hydrogen-bond acceptors (Lipinski definition) is 4. The lowest BCUT2D eigenvalue weighted by Gasteiger charge is -2.30. The molecule has 2 N–H and O–H groups in total. The highest BCUT2D eigenvalue weighted by molar-refractivity contribution is 5.83. The lowest BCUT2D eigenvalue weighted by Crippen LogP contribution is -2.44. The molecule has 8 heteroatoms. The Bertz CT molecular complexity index is 1110. The van der Waals surface area contributed by atoms with E-state index in [1.165, 1.54) is 4.68 Å². The van der Waals surface area contributed by atoms with E-state index in [1.807, 2.05) is 37.3 Å². The molecule has 3 heterocycles. The smallest absolute Gasteiger partial charge is 0.351 e. The molecule has 0 atom stereocenters. The predicted molar refractivity (Wildman–Crippen MR) is 100 cm³/mol. The first-order valence-corrected chi connectivity index (χ1v) is 9.00. The molecule has 1 fully saturated rings. The van der Waals surface area contributed by atoms with Gasteiger partial charge in [0.15, 0.2) is 5.65 Å². The van der Waals surface area contributed by atoms with E-state index in [0.717, 1.165) is 16.5 Å². The summed E-state index contributed by atoms with van der Waals surface area (Å²) in [5.41, 5.74) is 7.20. The summed E-state index contributed by atoms with van der Waals surface area (Å²) in [4.78, 5) is 38.4. The van der Waals surface area contributed by atoms with Crippen LogP contribution < -0.4 is 11.4 Å². The topological polar surface area (TPSA) is 103 Å². The molecule has 0 spiro atoms. The summed E-state index contributed by atoms with van der Waals surface area (Å²) in [5.74, 6) is -0.674. The number of fused-ring (bicyclic) bond motifs is 3. The van der Waals surface area contributed by atoms with E-state index >= 15 is 0 Å². The summed E-state index contributed by atoms with van der Waals surface area (Å²) in [6, 6.07) is 9.58. The normalized spacial score (nSPS) is 15.5. The Morgan fingerprint density at radius 2 is 1.93 bits per heavy atom. The number of aryl methyl sites for hydroxylation is 1. The molecular weight excluding hydrogens is 346 g/mol. The number of primary amides is 1. The van der Waals surface area contributed by atoms with Crippen molar-refractivity contribution in [3.05, 3.63) is 46.4 Å². The number of amides is 2. The van der Waals surface area contributed by atoms with Crippen LogP contribution in [0.4, 0.5) is 0 Å². The van der Waals surface area contributed by atoms with Gasteiger partial charge in [0.25, 0.3) is 0 Å². The van der Waals surface area contributed by atoms with Crippen molar-refractivity contribution in [2.75, 3.05) is 13.1 Å². The fourth-order valence-corrected chi connectivity index (χ4v) is 3.74. The van der Waals surface area contributed by atoms with Crippen molar-refractivity contribution in [1.82, 2.24) is 19.1 Å². The van der Waals surface area contributed by atoms with Gasteiger partial charge in [-0.15, -0.1) is 5.10 Å². The monoisotopic (exact) mass is 367 g/mol. The van der Waals surface area contributed by atoms with E-state index in [1.54, 1.807) is 9.30 Å². The van der Waals surface area contributed by atoms with Crippen molar-refractivity contribution in [2.45, 2.75) is 26.3 Å². The van der Waals surface area contributed by atoms with Crippen molar-refractivity contribution in [3.63, 3.8) is 0 Å². The fourth-order valence-electron chi connectivity index (χ4n) is 3.74. The van der Waals surface area contributed by atoms with Crippen LogP contribution in [0, 0.1) is 12.8 Å². The number of para-hydroxylation sites is 1. The van der Waals surface area contributed by atoms with Gasteiger partial charge >= 0.3 is 5.69 Å². The van der Waals surface area contributed by atoms with E-state index < -0.39 is 0 Å². The molecule has 140 valence electrons. The van der Waals surface area contributed by atoms with Crippen LogP contribution in [0.5, 0.6) is 0 Å². The zero-order valence-corrected chi connectivity index (χ0v) is 15.1. The van der Waals surface area contributed by atoms with Gasteiger partial charge in [-0.25, -0.2) is 13.9 Å². The van der Waals surface area contributed by atoms with Crippen molar-refractivity contribution >= 4 is 28.4 Å². The zero-order valence-electron chi connectivity index (χ0n) is 15.1. The van der Waals surface area contributed by atoms with Crippen molar-refractivity contribution in [2.24, 2.45) is 11.7 Å². The number of benzene rings is 1. The molecule has 0 radical (unpaired) electrons. The van der Waals surface area contributed by atoms with Gasteiger partial charge in [0.2, 0.25) is 11.8 Å². The third-order valence-corrected chi connectivity index (χ3v) is 5.28. The minimum atomic E-state index is -0.328. The van der Waals surface area contributed by atoms with Crippen molar-refractivity contribution in [3.8, 4) is 0 Å². The van der Waals surface area contributed by atoms with Crippen LogP contribution >= 0.6 is 0 Å². The molecular formula is C19H21N5O3. The second-order valence-electron chi connectivity index (χ2n) is 7.04. The zero-order chi connectivity index (χ0) is 19.1. The van der Waals surface area contributed by atoms with E-state index in [0.29, 0.717) is 31.6 Å². The number of pyridine rings is 1. The summed E-state index contributed by atoms with van der Waals surface area (Å²) in [5, 5.41) is 5.33. The Hall–Kier alpha value is -3.16. The molecule has 4 rings (SSSR count). The summed E-state index contributed by atoms with van der Waals surface area (Å²) in [7, 11) is 0. The molecule has 1 aliphatic rings.